The summed E-state index contributed by atoms with van der Waals surface area (Å²) in [7, 11) is 1.61. The summed E-state index contributed by atoms with van der Waals surface area (Å²) in [4.78, 5) is 23.6. The molecule has 0 aliphatic heterocycles. The molecule has 2 amide bonds. The topological polar surface area (TPSA) is 84.2 Å². The van der Waals surface area contributed by atoms with Crippen LogP contribution < -0.4 is 16.4 Å². The van der Waals surface area contributed by atoms with Crippen molar-refractivity contribution in [1.82, 2.24) is 10.6 Å². The highest BCUT2D eigenvalue weighted by atomic mass is 16.2. The number of nitrogens with two attached hydrogens (primary N) is 1. The maximum absolute atomic E-state index is 12.1. The van der Waals surface area contributed by atoms with Crippen LogP contribution in [0.3, 0.4) is 0 Å². The van der Waals surface area contributed by atoms with E-state index in [-0.39, 0.29) is 11.8 Å². The minimum absolute atomic E-state index is 0.0533. The Labute approximate surface area is 125 Å². The third-order valence-corrected chi connectivity index (χ3v) is 4.06. The van der Waals surface area contributed by atoms with Crippen LogP contribution in [-0.4, -0.2) is 30.9 Å². The predicted octanol–water partition coefficient (Wildman–Crippen LogP) is 0.976. The Bertz CT molecular complexity index is 522. The largest absolute Gasteiger partial charge is 0.355 e. The molecule has 114 valence electrons. The zero-order chi connectivity index (χ0) is 15.3. The van der Waals surface area contributed by atoms with Crippen LogP contribution in [0.1, 0.15) is 41.6 Å². The standard InChI is InChI=1S/C16H23N3O2/c1-18-14(20)13-6-4-5-12(11-13)7-10-19-15(21)16(17)8-2-3-9-16/h4-6,11H,2-3,7-10,17H2,1H3,(H,18,20)(H,19,21). The number of nitrogens with one attached hydrogen (secondary N) is 2. The van der Waals surface area contributed by atoms with E-state index in [0.717, 1.165) is 31.2 Å². The molecule has 1 aromatic rings. The van der Waals surface area contributed by atoms with Crippen molar-refractivity contribution in [3.8, 4) is 0 Å². The van der Waals surface area contributed by atoms with E-state index in [2.05, 4.69) is 10.6 Å². The number of amides is 2. The molecule has 2 rings (SSSR count). The van der Waals surface area contributed by atoms with Crippen LogP contribution in [0.5, 0.6) is 0 Å². The highest BCUT2D eigenvalue weighted by Crippen LogP contribution is 2.27. The first-order valence-corrected chi connectivity index (χ1v) is 7.43. The fourth-order valence-electron chi connectivity index (χ4n) is 2.74. The van der Waals surface area contributed by atoms with E-state index in [1.807, 2.05) is 18.2 Å². The van der Waals surface area contributed by atoms with Gasteiger partial charge in [0.1, 0.15) is 0 Å². The number of rotatable bonds is 5. The molecule has 0 radical (unpaired) electrons. The second-order valence-electron chi connectivity index (χ2n) is 5.65. The first-order valence-electron chi connectivity index (χ1n) is 7.43. The Balaban J connectivity index is 1.86. The van der Waals surface area contributed by atoms with Crippen molar-refractivity contribution in [2.24, 2.45) is 5.73 Å². The first-order chi connectivity index (χ1) is 10.0. The quantitative estimate of drug-likeness (QED) is 0.755. The number of hydrogen-bond donors (Lipinski definition) is 3. The lowest BCUT2D eigenvalue weighted by atomic mass is 9.98. The van der Waals surface area contributed by atoms with Gasteiger partial charge in [-0.3, -0.25) is 9.59 Å². The smallest absolute Gasteiger partial charge is 0.251 e. The van der Waals surface area contributed by atoms with Gasteiger partial charge >= 0.3 is 0 Å². The molecule has 1 aliphatic carbocycles. The monoisotopic (exact) mass is 289 g/mol. The van der Waals surface area contributed by atoms with Gasteiger partial charge < -0.3 is 16.4 Å². The zero-order valence-corrected chi connectivity index (χ0v) is 12.4. The van der Waals surface area contributed by atoms with Crippen LogP contribution in [-0.2, 0) is 11.2 Å². The average molecular weight is 289 g/mol. The molecule has 21 heavy (non-hydrogen) atoms. The minimum Gasteiger partial charge on any atom is -0.355 e. The summed E-state index contributed by atoms with van der Waals surface area (Å²) in [6.07, 6.45) is 4.28. The van der Waals surface area contributed by atoms with Crippen molar-refractivity contribution in [2.45, 2.75) is 37.6 Å². The van der Waals surface area contributed by atoms with Crippen molar-refractivity contribution in [2.75, 3.05) is 13.6 Å². The van der Waals surface area contributed by atoms with Gasteiger partial charge in [-0.15, -0.1) is 0 Å². The van der Waals surface area contributed by atoms with Crippen molar-refractivity contribution in [3.63, 3.8) is 0 Å². The first kappa shape index (κ1) is 15.5. The van der Waals surface area contributed by atoms with Crippen LogP contribution >= 0.6 is 0 Å². The third-order valence-electron chi connectivity index (χ3n) is 4.06. The molecule has 4 N–H and O–H groups in total. The molecule has 0 unspecified atom stereocenters. The Morgan fingerprint density at radius 3 is 2.67 bits per heavy atom. The minimum atomic E-state index is -0.677. The van der Waals surface area contributed by atoms with E-state index < -0.39 is 5.54 Å². The molecule has 1 aromatic carbocycles. The Morgan fingerprint density at radius 2 is 2.00 bits per heavy atom. The van der Waals surface area contributed by atoms with Crippen LogP contribution in [0.25, 0.3) is 0 Å². The van der Waals surface area contributed by atoms with Gasteiger partial charge in [0, 0.05) is 19.2 Å². The third kappa shape index (κ3) is 3.82. The molecule has 0 heterocycles. The highest BCUT2D eigenvalue weighted by Gasteiger charge is 2.36. The molecule has 5 heteroatoms. The molecule has 1 fully saturated rings. The molecule has 0 saturated heterocycles. The van der Waals surface area contributed by atoms with E-state index in [1.165, 1.54) is 0 Å². The van der Waals surface area contributed by atoms with Crippen LogP contribution in [0.2, 0.25) is 0 Å². The molecular weight excluding hydrogens is 266 g/mol. The van der Waals surface area contributed by atoms with Crippen molar-refractivity contribution >= 4 is 11.8 Å². The van der Waals surface area contributed by atoms with Crippen LogP contribution in [0.4, 0.5) is 0 Å². The SMILES string of the molecule is CNC(=O)c1cccc(CCNC(=O)C2(N)CCCC2)c1. The summed E-state index contributed by atoms with van der Waals surface area (Å²) in [6.45, 7) is 0.537. The Kier molecular flexibility index (Phi) is 4.96. The molecule has 1 saturated carbocycles. The molecule has 0 spiro atoms. The molecule has 0 aromatic heterocycles. The van der Waals surface area contributed by atoms with Gasteiger partial charge in [-0.25, -0.2) is 0 Å². The highest BCUT2D eigenvalue weighted by molar-refractivity contribution is 5.94. The number of carbonyl (C=O) groups excluding carboxylic acids is 2. The van der Waals surface area contributed by atoms with E-state index in [1.54, 1.807) is 13.1 Å². The van der Waals surface area contributed by atoms with E-state index in [9.17, 15) is 9.59 Å². The lowest BCUT2D eigenvalue weighted by Gasteiger charge is -2.22. The second kappa shape index (κ2) is 6.72. The van der Waals surface area contributed by atoms with Gasteiger partial charge in [0.05, 0.1) is 5.54 Å². The fourth-order valence-corrected chi connectivity index (χ4v) is 2.74. The van der Waals surface area contributed by atoms with Crippen LogP contribution in [0, 0.1) is 0 Å². The lowest BCUT2D eigenvalue weighted by molar-refractivity contribution is -0.126. The Morgan fingerprint density at radius 1 is 1.29 bits per heavy atom. The Hall–Kier alpha value is -1.88. The van der Waals surface area contributed by atoms with Crippen molar-refractivity contribution in [3.05, 3.63) is 35.4 Å². The fraction of sp³-hybridized carbons (Fsp3) is 0.500. The summed E-state index contributed by atoms with van der Waals surface area (Å²) in [6, 6.07) is 7.42. The van der Waals surface area contributed by atoms with Gasteiger partial charge in [-0.2, -0.15) is 0 Å². The summed E-state index contributed by atoms with van der Waals surface area (Å²) in [5, 5.41) is 5.51. The maximum atomic E-state index is 12.1. The van der Waals surface area contributed by atoms with Gasteiger partial charge in [0.15, 0.2) is 0 Å². The molecule has 5 nitrogen and oxygen atoms in total. The summed E-state index contributed by atoms with van der Waals surface area (Å²) in [5.74, 6) is -0.157. The van der Waals surface area contributed by atoms with E-state index >= 15 is 0 Å². The number of carbonyl (C=O) groups is 2. The molecular formula is C16H23N3O2. The molecule has 1 aliphatic rings. The number of benzene rings is 1. The van der Waals surface area contributed by atoms with Gasteiger partial charge in [-0.05, 0) is 37.0 Å². The van der Waals surface area contributed by atoms with Gasteiger partial charge in [-0.1, -0.05) is 25.0 Å². The second-order valence-corrected chi connectivity index (χ2v) is 5.65. The average Bonchev–Trinajstić information content (AvgIpc) is 2.95. The summed E-state index contributed by atoms with van der Waals surface area (Å²) >= 11 is 0. The van der Waals surface area contributed by atoms with E-state index in [0.29, 0.717) is 18.5 Å². The van der Waals surface area contributed by atoms with Crippen molar-refractivity contribution < 1.29 is 9.59 Å². The molecule has 0 bridgehead atoms. The lowest BCUT2D eigenvalue weighted by Crippen LogP contribution is -2.52. The predicted molar refractivity (Wildman–Crippen MR) is 81.9 cm³/mol. The zero-order valence-electron chi connectivity index (χ0n) is 12.4. The van der Waals surface area contributed by atoms with Gasteiger partial charge in [0.25, 0.3) is 5.91 Å². The van der Waals surface area contributed by atoms with E-state index in [4.69, 9.17) is 5.73 Å². The summed E-state index contributed by atoms with van der Waals surface area (Å²) < 4.78 is 0. The molecule has 0 atom stereocenters. The maximum Gasteiger partial charge on any atom is 0.251 e. The van der Waals surface area contributed by atoms with Crippen LogP contribution in [0.15, 0.2) is 24.3 Å². The summed E-state index contributed by atoms with van der Waals surface area (Å²) in [5.41, 5.74) is 7.08. The normalized spacial score (nSPS) is 16.5. The van der Waals surface area contributed by atoms with Gasteiger partial charge in [0.2, 0.25) is 5.91 Å². The number of hydrogen-bond acceptors (Lipinski definition) is 3. The van der Waals surface area contributed by atoms with Crippen molar-refractivity contribution in [1.29, 1.82) is 0 Å².